The monoisotopic (exact) mass is 432 g/mol. The number of carbonyl (C=O) groups is 4. The van der Waals surface area contributed by atoms with Gasteiger partial charge >= 0.3 is 71.1 Å². The molecule has 0 amide bonds. The Bertz CT molecular complexity index is 497. The van der Waals surface area contributed by atoms with E-state index in [2.05, 4.69) is 0 Å². The summed E-state index contributed by atoms with van der Waals surface area (Å²) in [6.07, 6.45) is -10.4. The first-order chi connectivity index (χ1) is 11.7. The molecule has 28 heavy (non-hydrogen) atoms. The van der Waals surface area contributed by atoms with E-state index in [9.17, 15) is 29.4 Å². The molecule has 0 aromatic rings. The van der Waals surface area contributed by atoms with Crippen LogP contribution in [0.4, 0.5) is 0 Å². The van der Waals surface area contributed by atoms with Gasteiger partial charge in [0.1, 0.15) is 18.3 Å². The molecular formula is C12H18Na2O14. The van der Waals surface area contributed by atoms with E-state index in [-0.39, 0.29) is 59.1 Å². The second kappa shape index (κ2) is 16.4. The van der Waals surface area contributed by atoms with E-state index in [1.165, 1.54) is 0 Å². The molecule has 0 aromatic carbocycles. The molecule has 4 unspecified atom stereocenters. The molecule has 0 rings (SSSR count). The summed E-state index contributed by atoms with van der Waals surface area (Å²) in [5.41, 5.74) is -2.86. The standard InChI is InChI=1S/C6H8O7.C6H12O7.2Na/c7-3(8)1-6(13,5(11)12)2-4(9)10;7-1-2(8)3(9)4(10)5(11)6(12)13;;/h13H,1-2H2,(H,7,8)(H,9,10)(H,11,12);2-5,7-11H,1H2,(H,12,13);;/q;;2*+1/p-2. The van der Waals surface area contributed by atoms with Crippen LogP contribution >= 0.6 is 0 Å². The summed E-state index contributed by atoms with van der Waals surface area (Å²) in [4.78, 5) is 40.3. The Morgan fingerprint density at radius 3 is 1.39 bits per heavy atom. The molecule has 16 heteroatoms. The summed E-state index contributed by atoms with van der Waals surface area (Å²) >= 11 is 0. The zero-order valence-electron chi connectivity index (χ0n) is 15.0. The Kier molecular flexibility index (Phi) is 20.6. The fraction of sp³-hybridized carbons (Fsp3) is 0.667. The Labute approximate surface area is 201 Å². The molecule has 0 saturated heterocycles. The van der Waals surface area contributed by atoms with Gasteiger partial charge in [-0.15, -0.1) is 0 Å². The topological polar surface area (TPSA) is 276 Å². The van der Waals surface area contributed by atoms with Crippen molar-refractivity contribution in [3.63, 3.8) is 0 Å². The number of hydrogen-bond donors (Lipinski definition) is 8. The average Bonchev–Trinajstić information content (AvgIpc) is 2.50. The Hall–Kier alpha value is -0.360. The van der Waals surface area contributed by atoms with E-state index in [0.29, 0.717) is 0 Å². The van der Waals surface area contributed by atoms with Crippen LogP contribution in [0.1, 0.15) is 12.8 Å². The zero-order valence-corrected chi connectivity index (χ0v) is 19.0. The first kappa shape index (κ1) is 35.1. The third kappa shape index (κ3) is 13.8. The Morgan fingerprint density at radius 1 is 0.821 bits per heavy atom. The van der Waals surface area contributed by atoms with Gasteiger partial charge in [0.05, 0.1) is 6.61 Å². The summed E-state index contributed by atoms with van der Waals surface area (Å²) in [7, 11) is 0. The number of aliphatic carboxylic acids is 4. The molecule has 0 bridgehead atoms. The average molecular weight is 432 g/mol. The van der Waals surface area contributed by atoms with Gasteiger partial charge in [-0.25, -0.2) is 9.59 Å². The third-order valence-corrected chi connectivity index (χ3v) is 2.78. The Morgan fingerprint density at radius 2 is 1.18 bits per heavy atom. The van der Waals surface area contributed by atoms with E-state index in [4.69, 9.17) is 40.9 Å². The van der Waals surface area contributed by atoms with Crippen molar-refractivity contribution in [2.24, 2.45) is 0 Å². The van der Waals surface area contributed by atoms with Gasteiger partial charge in [-0.05, 0) is 0 Å². The fourth-order valence-corrected chi connectivity index (χ4v) is 1.36. The number of aliphatic hydroxyl groups is 6. The van der Waals surface area contributed by atoms with Crippen molar-refractivity contribution in [3.8, 4) is 0 Å². The molecule has 0 aliphatic rings. The quantitative estimate of drug-likeness (QED) is 0.149. The second-order valence-electron chi connectivity index (χ2n) is 4.95. The van der Waals surface area contributed by atoms with Gasteiger partial charge in [0.25, 0.3) is 0 Å². The molecule has 0 radical (unpaired) electrons. The van der Waals surface area contributed by atoms with Gasteiger partial charge < -0.3 is 60.7 Å². The van der Waals surface area contributed by atoms with Crippen LogP contribution in [0.5, 0.6) is 0 Å². The van der Waals surface area contributed by atoms with Gasteiger partial charge in [0.2, 0.25) is 0 Å². The third-order valence-electron chi connectivity index (χ3n) is 2.78. The van der Waals surface area contributed by atoms with Crippen LogP contribution in [0.15, 0.2) is 0 Å². The van der Waals surface area contributed by atoms with E-state index in [0.717, 1.165) is 0 Å². The van der Waals surface area contributed by atoms with Crippen LogP contribution in [-0.4, -0.2) is 101 Å². The van der Waals surface area contributed by atoms with Crippen molar-refractivity contribution in [2.45, 2.75) is 42.9 Å². The molecule has 14 nitrogen and oxygen atoms in total. The summed E-state index contributed by atoms with van der Waals surface area (Å²) in [6.45, 7) is -0.843. The van der Waals surface area contributed by atoms with Gasteiger partial charge in [0, 0.05) is 24.8 Å². The number of aliphatic hydroxyl groups excluding tert-OH is 5. The van der Waals surface area contributed by atoms with Crippen molar-refractivity contribution in [3.05, 3.63) is 0 Å². The normalized spacial score (nSPS) is 14.5. The predicted molar refractivity (Wildman–Crippen MR) is 70.6 cm³/mol. The van der Waals surface area contributed by atoms with Gasteiger partial charge in [-0.2, -0.15) is 0 Å². The molecule has 0 fully saturated rings. The van der Waals surface area contributed by atoms with Gasteiger partial charge in [0.15, 0.2) is 11.7 Å². The maximum Gasteiger partial charge on any atom is 1.00 e. The molecule has 0 heterocycles. The van der Waals surface area contributed by atoms with E-state index >= 15 is 0 Å². The summed E-state index contributed by atoms with van der Waals surface area (Å²) in [5.74, 6) is -7.38. The number of carbonyl (C=O) groups excluding carboxylic acids is 2. The van der Waals surface area contributed by atoms with E-state index in [1.807, 2.05) is 0 Å². The number of carboxylic acids is 4. The largest absolute Gasteiger partial charge is 1.00 e. The smallest absolute Gasteiger partial charge is 0.550 e. The molecule has 4 atom stereocenters. The first-order valence-electron chi connectivity index (χ1n) is 6.61. The summed E-state index contributed by atoms with van der Waals surface area (Å²) in [6, 6.07) is 0. The maximum atomic E-state index is 10.3. The molecule has 0 aliphatic carbocycles. The molecular weight excluding hydrogens is 414 g/mol. The molecule has 152 valence electrons. The van der Waals surface area contributed by atoms with E-state index in [1.54, 1.807) is 0 Å². The van der Waals surface area contributed by atoms with Gasteiger partial charge in [-0.1, -0.05) is 0 Å². The van der Waals surface area contributed by atoms with Crippen molar-refractivity contribution < 1.29 is 129 Å². The minimum absolute atomic E-state index is 0. The van der Waals surface area contributed by atoms with Crippen LogP contribution in [-0.2, 0) is 19.2 Å². The van der Waals surface area contributed by atoms with Crippen molar-refractivity contribution >= 4 is 23.9 Å². The second-order valence-corrected chi connectivity index (χ2v) is 4.95. The molecule has 8 N–H and O–H groups in total. The van der Waals surface area contributed by atoms with Crippen molar-refractivity contribution in [1.29, 1.82) is 0 Å². The minimum atomic E-state index is -2.86. The Balaban J connectivity index is -0.000000192. The van der Waals surface area contributed by atoms with Gasteiger partial charge in [-0.3, -0.25) is 0 Å². The molecule has 0 aliphatic heterocycles. The first-order valence-corrected chi connectivity index (χ1v) is 6.61. The maximum absolute atomic E-state index is 10.3. The fourth-order valence-electron chi connectivity index (χ4n) is 1.36. The number of hydrogen-bond acceptors (Lipinski definition) is 12. The summed E-state index contributed by atoms with van der Waals surface area (Å²) < 4.78 is 0. The minimum Gasteiger partial charge on any atom is -0.550 e. The summed E-state index contributed by atoms with van der Waals surface area (Å²) in [5, 5.41) is 89.0. The SMILES string of the molecule is O=C(O)C(O)C(O)C(O)C(O)CO.O=C([O-])CC(O)(CC(=O)[O-])C(=O)O.[Na+].[Na+]. The molecule has 0 spiro atoms. The number of rotatable bonds is 10. The van der Waals surface area contributed by atoms with Crippen LogP contribution in [0, 0.1) is 0 Å². The molecule has 0 saturated carbocycles. The van der Waals surface area contributed by atoms with Crippen LogP contribution in [0.25, 0.3) is 0 Å². The predicted octanol–water partition coefficient (Wildman–Crippen LogP) is -13.4. The van der Waals surface area contributed by atoms with E-state index < -0.39 is 73.3 Å². The van der Waals surface area contributed by atoms with Crippen LogP contribution in [0.3, 0.4) is 0 Å². The molecule has 0 aromatic heterocycles. The van der Waals surface area contributed by atoms with Crippen LogP contribution in [0.2, 0.25) is 0 Å². The van der Waals surface area contributed by atoms with Crippen LogP contribution < -0.4 is 69.3 Å². The van der Waals surface area contributed by atoms with Crippen molar-refractivity contribution in [2.75, 3.05) is 6.61 Å². The zero-order chi connectivity index (χ0) is 21.2. The van der Waals surface area contributed by atoms with Crippen molar-refractivity contribution in [1.82, 2.24) is 0 Å². The number of carboxylic acid groups (broad SMARTS) is 4.